The van der Waals surface area contributed by atoms with Crippen molar-refractivity contribution in [3.8, 4) is 11.5 Å². The zero-order chi connectivity index (χ0) is 23.3. The number of halogens is 6. The van der Waals surface area contributed by atoms with Crippen LogP contribution in [-0.4, -0.2) is 17.4 Å². The van der Waals surface area contributed by atoms with Crippen LogP contribution in [0.25, 0.3) is 0 Å². The molecule has 0 bridgehead atoms. The van der Waals surface area contributed by atoms with Gasteiger partial charge in [0.05, 0.1) is 11.3 Å². The number of phenols is 1. The van der Waals surface area contributed by atoms with E-state index < -0.39 is 40.9 Å². The van der Waals surface area contributed by atoms with E-state index >= 15 is 0 Å². The number of hydrogen-bond acceptors (Lipinski definition) is 3. The molecule has 0 aromatic heterocycles. The molecule has 0 saturated heterocycles. The molecule has 0 radical (unpaired) electrons. The average Bonchev–Trinajstić information content (AvgIpc) is 3.00. The molecule has 3 aromatic rings. The van der Waals surface area contributed by atoms with Crippen LogP contribution < -0.4 is 10.1 Å². The number of amides is 1. The lowest BCUT2D eigenvalue weighted by Crippen LogP contribution is -2.37. The van der Waals surface area contributed by atoms with Crippen molar-refractivity contribution in [3.63, 3.8) is 0 Å². The lowest BCUT2D eigenvalue weighted by Gasteiger charge is -2.29. The summed E-state index contributed by atoms with van der Waals surface area (Å²) in [6.45, 7) is 0. The number of benzene rings is 3. The van der Waals surface area contributed by atoms with Gasteiger partial charge in [-0.15, -0.1) is 13.2 Å². The molecule has 10 heteroatoms. The van der Waals surface area contributed by atoms with Crippen LogP contribution in [0.15, 0.2) is 66.7 Å². The van der Waals surface area contributed by atoms with E-state index in [1.54, 1.807) is 0 Å². The van der Waals surface area contributed by atoms with E-state index in [1.165, 1.54) is 42.5 Å². The minimum atomic E-state index is -4.94. The van der Waals surface area contributed by atoms with E-state index in [-0.39, 0.29) is 22.4 Å². The first-order valence-electron chi connectivity index (χ1n) is 9.11. The number of carbonyl (C=O) groups excluding carboxylic acids is 1. The number of carbonyl (C=O) groups is 1. The molecule has 1 aliphatic rings. The summed E-state index contributed by atoms with van der Waals surface area (Å²) < 4.78 is 82.2. The van der Waals surface area contributed by atoms with Gasteiger partial charge in [-0.05, 0) is 41.5 Å². The van der Waals surface area contributed by atoms with E-state index in [4.69, 9.17) is 0 Å². The fraction of sp³-hybridized carbons (Fsp3) is 0.136. The number of hydrogen-bond donors (Lipinski definition) is 2. The fourth-order valence-corrected chi connectivity index (χ4v) is 3.92. The first-order chi connectivity index (χ1) is 14.9. The van der Waals surface area contributed by atoms with Crippen LogP contribution in [0.5, 0.6) is 11.5 Å². The Balaban J connectivity index is 1.97. The first-order valence-corrected chi connectivity index (χ1v) is 9.11. The molecule has 166 valence electrons. The normalized spacial score (nSPS) is 18.2. The molecule has 0 spiro atoms. The van der Waals surface area contributed by atoms with Crippen molar-refractivity contribution in [2.45, 2.75) is 18.0 Å². The largest absolute Gasteiger partial charge is 0.573 e. The van der Waals surface area contributed by atoms with Crippen LogP contribution in [0.1, 0.15) is 22.3 Å². The summed E-state index contributed by atoms with van der Waals surface area (Å²) in [5.74, 6) is -1.51. The molecule has 1 aliphatic heterocycles. The van der Waals surface area contributed by atoms with Crippen LogP contribution in [0.4, 0.5) is 32.0 Å². The Morgan fingerprint density at radius 1 is 0.812 bits per heavy atom. The highest BCUT2D eigenvalue weighted by atomic mass is 19.4. The SMILES string of the molecule is O=C1Nc2c(C(F)(F)F)cccc2[C@@]1(c1ccc(O)cc1)c1ccc(OC(F)(F)F)cc1. The van der Waals surface area contributed by atoms with Crippen LogP contribution in [0.2, 0.25) is 0 Å². The number of rotatable bonds is 3. The molecular weight excluding hydrogens is 440 g/mol. The highest BCUT2D eigenvalue weighted by molar-refractivity contribution is 6.12. The highest BCUT2D eigenvalue weighted by Crippen LogP contribution is 2.51. The summed E-state index contributed by atoms with van der Waals surface area (Å²) >= 11 is 0. The molecule has 1 atom stereocenters. The molecule has 1 amide bonds. The summed E-state index contributed by atoms with van der Waals surface area (Å²) in [5, 5.41) is 11.9. The Morgan fingerprint density at radius 3 is 1.91 bits per heavy atom. The number of alkyl halides is 6. The Morgan fingerprint density at radius 2 is 1.38 bits per heavy atom. The van der Waals surface area contributed by atoms with Crippen LogP contribution in [-0.2, 0) is 16.4 Å². The third-order valence-corrected chi connectivity index (χ3v) is 5.17. The Hall–Kier alpha value is -3.69. The summed E-state index contributed by atoms with van der Waals surface area (Å²) in [6, 6.07) is 12.9. The summed E-state index contributed by atoms with van der Waals surface area (Å²) in [5.41, 5.74) is -2.98. The van der Waals surface area contributed by atoms with Crippen LogP contribution in [0, 0.1) is 0 Å². The van der Waals surface area contributed by atoms with Crippen molar-refractivity contribution in [1.29, 1.82) is 0 Å². The van der Waals surface area contributed by atoms with Gasteiger partial charge >= 0.3 is 12.5 Å². The van der Waals surface area contributed by atoms with Gasteiger partial charge in [0.15, 0.2) is 0 Å². The predicted molar refractivity (Wildman–Crippen MR) is 101 cm³/mol. The molecule has 4 nitrogen and oxygen atoms in total. The second-order valence-electron chi connectivity index (χ2n) is 7.05. The summed E-state index contributed by atoms with van der Waals surface area (Å²) in [4.78, 5) is 13.3. The Labute approximate surface area is 177 Å². The lowest BCUT2D eigenvalue weighted by molar-refractivity contribution is -0.274. The third kappa shape index (κ3) is 3.51. The zero-order valence-electron chi connectivity index (χ0n) is 15.9. The molecule has 2 N–H and O–H groups in total. The average molecular weight is 453 g/mol. The zero-order valence-corrected chi connectivity index (χ0v) is 15.9. The van der Waals surface area contributed by atoms with Gasteiger partial charge in [-0.2, -0.15) is 13.2 Å². The number of aromatic hydroxyl groups is 1. The maximum Gasteiger partial charge on any atom is 0.573 e. The molecular formula is C22H13F6NO3. The second kappa shape index (κ2) is 7.18. The molecule has 0 fully saturated rings. The standard InChI is InChI=1S/C22H13F6NO3/c23-21(24,25)17-3-1-2-16-18(17)29-19(31)20(16,12-4-8-14(30)9-5-12)13-6-10-15(11-7-13)32-22(26,27)28/h1-11,30H,(H,29,31)/t20-/m1/s1. The molecule has 3 aromatic carbocycles. The number of para-hydroxylation sites is 1. The first kappa shape index (κ1) is 21.5. The van der Waals surface area contributed by atoms with Crippen molar-refractivity contribution in [3.05, 3.63) is 89.0 Å². The number of nitrogens with one attached hydrogen (secondary N) is 1. The molecule has 32 heavy (non-hydrogen) atoms. The van der Waals surface area contributed by atoms with Crippen molar-refractivity contribution < 1.29 is 41.0 Å². The van der Waals surface area contributed by atoms with Crippen molar-refractivity contribution in [2.24, 2.45) is 0 Å². The van der Waals surface area contributed by atoms with E-state index in [0.717, 1.165) is 24.3 Å². The van der Waals surface area contributed by atoms with E-state index in [0.29, 0.717) is 0 Å². The van der Waals surface area contributed by atoms with Gasteiger partial charge in [-0.3, -0.25) is 4.79 Å². The number of ether oxygens (including phenoxy) is 1. The highest BCUT2D eigenvalue weighted by Gasteiger charge is 2.52. The minimum absolute atomic E-state index is 0.0208. The monoisotopic (exact) mass is 453 g/mol. The van der Waals surface area contributed by atoms with Gasteiger partial charge in [0, 0.05) is 5.56 Å². The van der Waals surface area contributed by atoms with Gasteiger partial charge in [-0.1, -0.05) is 36.4 Å². The quantitative estimate of drug-likeness (QED) is 0.508. The lowest BCUT2D eigenvalue weighted by atomic mass is 9.70. The fourth-order valence-electron chi connectivity index (χ4n) is 3.92. The van der Waals surface area contributed by atoms with Gasteiger partial charge in [0.2, 0.25) is 5.91 Å². The number of phenolic OH excluding ortho intramolecular Hbond substituents is 1. The Kier molecular flexibility index (Phi) is 4.83. The molecule has 0 unspecified atom stereocenters. The van der Waals surface area contributed by atoms with Crippen LogP contribution >= 0.6 is 0 Å². The van der Waals surface area contributed by atoms with Crippen molar-refractivity contribution in [2.75, 3.05) is 5.32 Å². The van der Waals surface area contributed by atoms with Gasteiger partial charge in [0.1, 0.15) is 16.9 Å². The topological polar surface area (TPSA) is 58.6 Å². The maximum absolute atomic E-state index is 13.6. The summed E-state index contributed by atoms with van der Waals surface area (Å²) in [6.07, 6.45) is -9.69. The Bertz CT molecular complexity index is 1170. The van der Waals surface area contributed by atoms with Crippen LogP contribution in [0.3, 0.4) is 0 Å². The summed E-state index contributed by atoms with van der Waals surface area (Å²) in [7, 11) is 0. The number of anilines is 1. The van der Waals surface area contributed by atoms with E-state index in [9.17, 15) is 36.2 Å². The predicted octanol–water partition coefficient (Wildman–Crippen LogP) is 5.60. The van der Waals surface area contributed by atoms with E-state index in [2.05, 4.69) is 10.1 Å². The molecule has 0 saturated carbocycles. The van der Waals surface area contributed by atoms with Crippen molar-refractivity contribution in [1.82, 2.24) is 0 Å². The molecule has 1 heterocycles. The van der Waals surface area contributed by atoms with Gasteiger partial charge < -0.3 is 15.2 Å². The smallest absolute Gasteiger partial charge is 0.508 e. The maximum atomic E-state index is 13.6. The molecule has 4 rings (SSSR count). The minimum Gasteiger partial charge on any atom is -0.508 e. The van der Waals surface area contributed by atoms with Gasteiger partial charge in [0.25, 0.3) is 0 Å². The number of fused-ring (bicyclic) bond motifs is 1. The second-order valence-corrected chi connectivity index (χ2v) is 7.05. The molecule has 0 aliphatic carbocycles. The third-order valence-electron chi connectivity index (χ3n) is 5.17. The van der Waals surface area contributed by atoms with Crippen molar-refractivity contribution >= 4 is 11.6 Å². The van der Waals surface area contributed by atoms with E-state index in [1.807, 2.05) is 0 Å². The van der Waals surface area contributed by atoms with Gasteiger partial charge in [-0.25, -0.2) is 0 Å².